The second kappa shape index (κ2) is 6.85. The van der Waals surface area contributed by atoms with Crippen molar-refractivity contribution in [3.63, 3.8) is 0 Å². The van der Waals surface area contributed by atoms with Crippen LogP contribution in [0.2, 0.25) is 0 Å². The highest BCUT2D eigenvalue weighted by molar-refractivity contribution is 5.10. The van der Waals surface area contributed by atoms with Crippen LogP contribution in [0.25, 0.3) is 0 Å². The maximum absolute atomic E-state index is 5.58. The first-order valence-electron chi connectivity index (χ1n) is 7.95. The molecule has 2 aliphatic rings. The Morgan fingerprint density at radius 3 is 2.76 bits per heavy atom. The molecule has 21 heavy (non-hydrogen) atoms. The number of hydrogen-bond acceptors (Lipinski definition) is 6. The third kappa shape index (κ3) is 3.27. The van der Waals surface area contributed by atoms with Gasteiger partial charge in [0.25, 0.3) is 0 Å². The minimum absolute atomic E-state index is 0.00811. The fourth-order valence-electron chi connectivity index (χ4n) is 3.35. The zero-order chi connectivity index (χ0) is 14.5. The van der Waals surface area contributed by atoms with Crippen molar-refractivity contribution in [3.8, 4) is 0 Å². The number of aromatic nitrogens is 2. The van der Waals surface area contributed by atoms with Crippen LogP contribution in [0.1, 0.15) is 49.7 Å². The van der Waals surface area contributed by atoms with Gasteiger partial charge in [-0.05, 0) is 45.2 Å². The Morgan fingerprint density at radius 1 is 1.29 bits per heavy atom. The Kier molecular flexibility index (Phi) is 4.87. The van der Waals surface area contributed by atoms with Crippen LogP contribution >= 0.6 is 0 Å². The van der Waals surface area contributed by atoms with Crippen molar-refractivity contribution in [2.45, 2.75) is 43.4 Å². The minimum atomic E-state index is 0.00811. The molecule has 3 heterocycles. The van der Waals surface area contributed by atoms with E-state index in [4.69, 9.17) is 19.0 Å². The van der Waals surface area contributed by atoms with E-state index in [1.807, 2.05) is 0 Å². The fourth-order valence-corrected chi connectivity index (χ4v) is 3.35. The summed E-state index contributed by atoms with van der Waals surface area (Å²) in [5, 5.41) is 7.74. The summed E-state index contributed by atoms with van der Waals surface area (Å²) < 4.78 is 16.3. The van der Waals surface area contributed by atoms with Crippen LogP contribution in [-0.4, -0.2) is 50.2 Å². The van der Waals surface area contributed by atoms with Crippen molar-refractivity contribution in [3.05, 3.63) is 11.7 Å². The summed E-state index contributed by atoms with van der Waals surface area (Å²) >= 11 is 0. The quantitative estimate of drug-likeness (QED) is 0.890. The third-order valence-electron chi connectivity index (χ3n) is 4.83. The second-order valence-corrected chi connectivity index (χ2v) is 6.12. The predicted molar refractivity (Wildman–Crippen MR) is 77.4 cm³/mol. The number of hydrogen-bond donors (Lipinski definition) is 1. The van der Waals surface area contributed by atoms with E-state index in [2.05, 4.69) is 10.5 Å². The molecule has 0 amide bonds. The first-order valence-corrected chi connectivity index (χ1v) is 7.95. The minimum Gasteiger partial charge on any atom is -0.385 e. The van der Waals surface area contributed by atoms with Crippen LogP contribution in [0.4, 0.5) is 0 Å². The average Bonchev–Trinajstić information content (AvgIpc) is 3.05. The molecule has 3 rings (SSSR count). The van der Waals surface area contributed by atoms with Gasteiger partial charge in [0.1, 0.15) is 0 Å². The summed E-state index contributed by atoms with van der Waals surface area (Å²) in [7, 11) is 1.75. The van der Waals surface area contributed by atoms with Gasteiger partial charge in [-0.2, -0.15) is 4.98 Å². The molecule has 0 bridgehead atoms. The Balaban J connectivity index is 1.77. The lowest BCUT2D eigenvalue weighted by Gasteiger charge is -2.34. The van der Waals surface area contributed by atoms with Gasteiger partial charge in [0.05, 0.1) is 0 Å². The third-order valence-corrected chi connectivity index (χ3v) is 4.83. The predicted octanol–water partition coefficient (Wildman–Crippen LogP) is 1.62. The SMILES string of the molecule is COCCC1(c2noc(C3CCOCC3)n2)CCNCC1. The van der Waals surface area contributed by atoms with Crippen molar-refractivity contribution in [1.82, 2.24) is 15.5 Å². The molecule has 0 unspecified atom stereocenters. The summed E-state index contributed by atoms with van der Waals surface area (Å²) in [6.45, 7) is 4.33. The molecular weight excluding hydrogens is 270 g/mol. The monoisotopic (exact) mass is 295 g/mol. The normalized spacial score (nSPS) is 23.3. The molecule has 2 aliphatic heterocycles. The standard InChI is InChI=1S/C15H25N3O3/c1-19-11-6-15(4-7-16-8-5-15)14-17-13(21-18-14)12-2-9-20-10-3-12/h12,16H,2-11H2,1H3. The van der Waals surface area contributed by atoms with Crippen LogP contribution in [0, 0.1) is 0 Å². The molecule has 6 heteroatoms. The molecule has 0 aliphatic carbocycles. The summed E-state index contributed by atoms with van der Waals surface area (Å²) in [5.41, 5.74) is 0.00811. The average molecular weight is 295 g/mol. The van der Waals surface area contributed by atoms with Gasteiger partial charge < -0.3 is 19.3 Å². The van der Waals surface area contributed by atoms with E-state index in [1.165, 1.54) is 0 Å². The zero-order valence-electron chi connectivity index (χ0n) is 12.8. The number of rotatable bonds is 5. The molecule has 0 radical (unpaired) electrons. The van der Waals surface area contributed by atoms with Crippen LogP contribution in [0.3, 0.4) is 0 Å². The van der Waals surface area contributed by atoms with Crippen LogP contribution in [0.15, 0.2) is 4.52 Å². The summed E-state index contributed by atoms with van der Waals surface area (Å²) in [6.07, 6.45) is 5.01. The van der Waals surface area contributed by atoms with Crippen LogP contribution in [0.5, 0.6) is 0 Å². The molecule has 2 saturated heterocycles. The highest BCUT2D eigenvalue weighted by Crippen LogP contribution is 2.36. The Bertz CT molecular complexity index is 437. The molecule has 118 valence electrons. The van der Waals surface area contributed by atoms with E-state index in [0.29, 0.717) is 5.92 Å². The molecule has 6 nitrogen and oxygen atoms in total. The number of piperidine rings is 1. The maximum Gasteiger partial charge on any atom is 0.229 e. The van der Waals surface area contributed by atoms with E-state index in [0.717, 1.165) is 76.7 Å². The molecule has 1 aromatic heterocycles. The lowest BCUT2D eigenvalue weighted by atomic mass is 9.75. The van der Waals surface area contributed by atoms with E-state index in [-0.39, 0.29) is 5.41 Å². The van der Waals surface area contributed by atoms with Crippen molar-refractivity contribution in [1.29, 1.82) is 0 Å². The molecule has 0 aromatic carbocycles. The zero-order valence-corrected chi connectivity index (χ0v) is 12.8. The molecule has 2 fully saturated rings. The van der Waals surface area contributed by atoms with Gasteiger partial charge in [-0.15, -0.1) is 0 Å². The smallest absolute Gasteiger partial charge is 0.229 e. The topological polar surface area (TPSA) is 69.4 Å². The number of methoxy groups -OCH3 is 1. The van der Waals surface area contributed by atoms with Gasteiger partial charge in [-0.25, -0.2) is 0 Å². The van der Waals surface area contributed by atoms with Gasteiger partial charge >= 0.3 is 0 Å². The Hall–Kier alpha value is -0.980. The Labute approximate surface area is 125 Å². The van der Waals surface area contributed by atoms with Crippen molar-refractivity contribution >= 4 is 0 Å². The van der Waals surface area contributed by atoms with Crippen molar-refractivity contribution in [2.24, 2.45) is 0 Å². The number of nitrogens with one attached hydrogen (secondary N) is 1. The van der Waals surface area contributed by atoms with Crippen molar-refractivity contribution < 1.29 is 14.0 Å². The first kappa shape index (κ1) is 14.9. The molecule has 0 atom stereocenters. The van der Waals surface area contributed by atoms with E-state index in [9.17, 15) is 0 Å². The largest absolute Gasteiger partial charge is 0.385 e. The van der Waals surface area contributed by atoms with Gasteiger partial charge in [0.2, 0.25) is 5.89 Å². The van der Waals surface area contributed by atoms with E-state index >= 15 is 0 Å². The van der Waals surface area contributed by atoms with Gasteiger partial charge in [-0.1, -0.05) is 5.16 Å². The second-order valence-electron chi connectivity index (χ2n) is 6.12. The summed E-state index contributed by atoms with van der Waals surface area (Å²) in [5.74, 6) is 2.03. The number of nitrogens with zero attached hydrogens (tertiary/aromatic N) is 2. The molecule has 0 spiro atoms. The highest BCUT2D eigenvalue weighted by atomic mass is 16.5. The van der Waals surface area contributed by atoms with Gasteiger partial charge in [0, 0.05) is 38.3 Å². The van der Waals surface area contributed by atoms with Gasteiger partial charge in [-0.3, -0.25) is 0 Å². The molecule has 1 aromatic rings. The first-order chi connectivity index (χ1) is 10.3. The van der Waals surface area contributed by atoms with E-state index in [1.54, 1.807) is 7.11 Å². The Morgan fingerprint density at radius 2 is 2.05 bits per heavy atom. The number of ether oxygens (including phenoxy) is 2. The van der Waals surface area contributed by atoms with E-state index < -0.39 is 0 Å². The highest BCUT2D eigenvalue weighted by Gasteiger charge is 2.38. The molecule has 1 N–H and O–H groups in total. The lowest BCUT2D eigenvalue weighted by Crippen LogP contribution is -2.41. The maximum atomic E-state index is 5.58. The van der Waals surface area contributed by atoms with Crippen molar-refractivity contribution in [2.75, 3.05) is 40.0 Å². The fraction of sp³-hybridized carbons (Fsp3) is 0.867. The van der Waals surface area contributed by atoms with Crippen LogP contribution < -0.4 is 5.32 Å². The molecule has 0 saturated carbocycles. The summed E-state index contributed by atoms with van der Waals surface area (Å²) in [6, 6.07) is 0. The van der Waals surface area contributed by atoms with Crippen LogP contribution in [-0.2, 0) is 14.9 Å². The lowest BCUT2D eigenvalue weighted by molar-refractivity contribution is 0.0778. The molecular formula is C15H25N3O3. The van der Waals surface area contributed by atoms with Gasteiger partial charge in [0.15, 0.2) is 5.82 Å². The summed E-state index contributed by atoms with van der Waals surface area (Å²) in [4.78, 5) is 4.77.